The number of nitrogens with zero attached hydrogens (tertiary/aromatic N) is 3. The highest BCUT2D eigenvalue weighted by atomic mass is 16.5. The molecule has 1 aromatic carbocycles. The van der Waals surface area contributed by atoms with E-state index >= 15 is 0 Å². The molecule has 10 nitrogen and oxygen atoms in total. The number of ketones is 1. The number of fused-ring (bicyclic) bond motifs is 1. The van der Waals surface area contributed by atoms with Crippen molar-refractivity contribution in [2.24, 2.45) is 5.73 Å². The van der Waals surface area contributed by atoms with E-state index in [0.29, 0.717) is 30.9 Å². The van der Waals surface area contributed by atoms with Gasteiger partial charge in [0, 0.05) is 44.2 Å². The number of ether oxygens (including phenoxy) is 1. The summed E-state index contributed by atoms with van der Waals surface area (Å²) in [5.74, 6) is 1.20. The maximum Gasteiger partial charge on any atom is 0.262 e. The minimum atomic E-state index is -0.904. The molecule has 0 saturated carbocycles. The van der Waals surface area contributed by atoms with E-state index < -0.39 is 11.5 Å². The summed E-state index contributed by atoms with van der Waals surface area (Å²) >= 11 is 0. The molecular weight excluding hydrogens is 544 g/mol. The highest BCUT2D eigenvalue weighted by Gasteiger charge is 2.33. The lowest BCUT2D eigenvalue weighted by Gasteiger charge is -2.36. The zero-order chi connectivity index (χ0) is 31.8. The number of rotatable bonds is 13. The van der Waals surface area contributed by atoms with Crippen LogP contribution in [0.5, 0.6) is 5.88 Å². The van der Waals surface area contributed by atoms with Crippen LogP contribution in [0.25, 0.3) is 22.2 Å². The Balaban J connectivity index is 0.000000340. The number of aromatic nitrogens is 3. The number of aryl methyl sites for hydroxylation is 1. The van der Waals surface area contributed by atoms with Gasteiger partial charge in [0.25, 0.3) is 5.91 Å². The van der Waals surface area contributed by atoms with Gasteiger partial charge in [-0.3, -0.25) is 15.0 Å². The maximum atomic E-state index is 11.3. The lowest BCUT2D eigenvalue weighted by atomic mass is 9.86. The standard InChI is InChI=1S/C22H27N3O2.C9H17N3O2.C2H6/c1-3-17(26)11-6-4-5-7-13-21-23-15-20(24-21)18-14-16-10-8-9-12-19(16)25-22(18)27-2;1-12-4-2-9(14,3-5-12)6-7(10)8(11)13;1-2/h8-10,12,14-15H,3-7,11,13H2,1-2H3,(H,23,24);10,14H,2-6H2,1H3,(H2,11,13);1-2H3. The molecule has 3 aromatic rings. The largest absolute Gasteiger partial charge is 0.480 e. The minimum absolute atomic E-state index is 0.0795. The van der Waals surface area contributed by atoms with E-state index in [0.717, 1.165) is 79.6 Å². The number of piperidine rings is 1. The van der Waals surface area contributed by atoms with Gasteiger partial charge < -0.3 is 25.5 Å². The number of nitrogens with two attached hydrogens (primary N) is 1. The van der Waals surface area contributed by atoms with Crippen molar-refractivity contribution >= 4 is 28.3 Å². The van der Waals surface area contributed by atoms with Crippen molar-refractivity contribution < 1.29 is 19.4 Å². The Morgan fingerprint density at radius 3 is 2.47 bits per heavy atom. The third kappa shape index (κ3) is 11.5. The number of likely N-dealkylation sites (tertiary alicyclic amines) is 1. The van der Waals surface area contributed by atoms with Crippen molar-refractivity contribution in [1.29, 1.82) is 5.41 Å². The molecule has 0 unspecified atom stereocenters. The SMILES string of the molecule is CC.CCC(=O)CCCCCCc1ncc(-c2cc3ccccc3nc2OC)[nH]1.CN1CCC(O)(CC(=N)C(N)=O)CC1. The number of aromatic amines is 1. The Morgan fingerprint density at radius 2 is 1.81 bits per heavy atom. The van der Waals surface area contributed by atoms with Crippen LogP contribution in [-0.2, 0) is 16.0 Å². The molecular formula is C33H50N6O4. The van der Waals surface area contributed by atoms with E-state index in [-0.39, 0.29) is 12.1 Å². The number of H-pyrrole nitrogens is 1. The summed E-state index contributed by atoms with van der Waals surface area (Å²) < 4.78 is 5.48. The smallest absolute Gasteiger partial charge is 0.262 e. The topological polar surface area (TPSA) is 158 Å². The lowest BCUT2D eigenvalue weighted by Crippen LogP contribution is -2.45. The van der Waals surface area contributed by atoms with Crippen molar-refractivity contribution in [3.05, 3.63) is 42.4 Å². The first-order valence-corrected chi connectivity index (χ1v) is 15.4. The molecule has 4 rings (SSSR count). The number of hydrogen-bond donors (Lipinski definition) is 4. The number of Topliss-reactive ketones (excluding diaryl/α,β-unsaturated/α-hetero) is 1. The van der Waals surface area contributed by atoms with Crippen molar-refractivity contribution in [2.75, 3.05) is 27.2 Å². The molecule has 1 saturated heterocycles. The van der Waals surface area contributed by atoms with Crippen LogP contribution in [0.15, 0.2) is 36.5 Å². The molecule has 1 fully saturated rings. The van der Waals surface area contributed by atoms with Gasteiger partial charge in [-0.05, 0) is 44.9 Å². The summed E-state index contributed by atoms with van der Waals surface area (Å²) in [6.45, 7) is 7.52. The molecule has 0 bridgehead atoms. The van der Waals surface area contributed by atoms with Gasteiger partial charge in [0.15, 0.2) is 0 Å². The van der Waals surface area contributed by atoms with Gasteiger partial charge >= 0.3 is 0 Å². The Bertz CT molecular complexity index is 1310. The van der Waals surface area contributed by atoms with Gasteiger partial charge in [-0.15, -0.1) is 0 Å². The molecule has 5 N–H and O–H groups in total. The number of benzene rings is 1. The van der Waals surface area contributed by atoms with Gasteiger partial charge in [-0.25, -0.2) is 9.97 Å². The van der Waals surface area contributed by atoms with Crippen LogP contribution in [-0.4, -0.2) is 75.2 Å². The van der Waals surface area contributed by atoms with Crippen LogP contribution in [0.1, 0.15) is 84.4 Å². The maximum absolute atomic E-state index is 11.3. The second-order valence-corrected chi connectivity index (χ2v) is 10.8. The summed E-state index contributed by atoms with van der Waals surface area (Å²) in [4.78, 5) is 36.6. The van der Waals surface area contributed by atoms with E-state index in [1.807, 2.05) is 58.3 Å². The number of unbranched alkanes of at least 4 members (excludes halogenated alkanes) is 3. The molecule has 1 aliphatic rings. The molecule has 0 atom stereocenters. The first kappa shape index (κ1) is 35.6. The predicted octanol–water partition coefficient (Wildman–Crippen LogP) is 5.47. The molecule has 0 radical (unpaired) electrons. The fraction of sp³-hybridized carbons (Fsp3) is 0.545. The molecule has 0 spiro atoms. The first-order valence-electron chi connectivity index (χ1n) is 15.4. The summed E-state index contributed by atoms with van der Waals surface area (Å²) in [5.41, 5.74) is 6.63. The highest BCUT2D eigenvalue weighted by molar-refractivity contribution is 6.37. The molecule has 1 amide bonds. The number of imidazole rings is 1. The summed E-state index contributed by atoms with van der Waals surface area (Å²) in [5, 5.41) is 18.4. The third-order valence-electron chi connectivity index (χ3n) is 7.54. The molecule has 236 valence electrons. The Labute approximate surface area is 256 Å². The normalized spacial score (nSPS) is 14.2. The number of methoxy groups -OCH3 is 1. The second kappa shape index (κ2) is 18.1. The molecule has 0 aliphatic carbocycles. The average Bonchev–Trinajstić information content (AvgIpc) is 3.49. The molecule has 2 aromatic heterocycles. The fourth-order valence-electron chi connectivity index (χ4n) is 4.85. The monoisotopic (exact) mass is 594 g/mol. The quantitative estimate of drug-likeness (QED) is 0.151. The van der Waals surface area contributed by atoms with Gasteiger partial charge in [-0.2, -0.15) is 0 Å². The van der Waals surface area contributed by atoms with Crippen LogP contribution in [0.2, 0.25) is 0 Å². The van der Waals surface area contributed by atoms with E-state index in [9.17, 15) is 14.7 Å². The second-order valence-electron chi connectivity index (χ2n) is 10.8. The Kier molecular flexibility index (Phi) is 15.0. The number of aliphatic hydroxyl groups is 1. The lowest BCUT2D eigenvalue weighted by molar-refractivity contribution is -0.118. The number of pyridine rings is 1. The number of carbonyl (C=O) groups excluding carboxylic acids is 2. The zero-order valence-electron chi connectivity index (χ0n) is 26.5. The number of primary amides is 1. The van der Waals surface area contributed by atoms with Crippen molar-refractivity contribution in [3.63, 3.8) is 0 Å². The summed E-state index contributed by atoms with van der Waals surface area (Å²) in [7, 11) is 3.63. The van der Waals surface area contributed by atoms with Gasteiger partial charge in [0.1, 0.15) is 11.6 Å². The van der Waals surface area contributed by atoms with Gasteiger partial charge in [0.2, 0.25) is 5.88 Å². The van der Waals surface area contributed by atoms with Gasteiger partial charge in [-0.1, -0.05) is 51.8 Å². The van der Waals surface area contributed by atoms with Crippen LogP contribution >= 0.6 is 0 Å². The Hall–Kier alpha value is -3.63. The van der Waals surface area contributed by atoms with E-state index in [1.165, 1.54) is 0 Å². The predicted molar refractivity (Wildman–Crippen MR) is 173 cm³/mol. The molecule has 43 heavy (non-hydrogen) atoms. The van der Waals surface area contributed by atoms with Crippen LogP contribution in [0, 0.1) is 5.41 Å². The van der Waals surface area contributed by atoms with Gasteiger partial charge in [0.05, 0.1) is 41.4 Å². The molecule has 10 heteroatoms. The van der Waals surface area contributed by atoms with Crippen LogP contribution < -0.4 is 10.5 Å². The number of para-hydroxylation sites is 1. The fourth-order valence-corrected chi connectivity index (χ4v) is 4.85. The zero-order valence-corrected chi connectivity index (χ0v) is 26.5. The first-order chi connectivity index (χ1) is 20.6. The van der Waals surface area contributed by atoms with E-state index in [4.69, 9.17) is 15.9 Å². The molecule has 1 aliphatic heterocycles. The van der Waals surface area contributed by atoms with E-state index in [1.54, 1.807) is 7.11 Å². The number of amides is 1. The number of nitrogens with one attached hydrogen (secondary N) is 2. The van der Waals surface area contributed by atoms with Crippen molar-refractivity contribution in [2.45, 2.75) is 90.6 Å². The summed E-state index contributed by atoms with van der Waals surface area (Å²) in [6, 6.07) is 10.1. The van der Waals surface area contributed by atoms with E-state index in [2.05, 4.69) is 25.9 Å². The van der Waals surface area contributed by atoms with Crippen molar-refractivity contribution in [1.82, 2.24) is 19.9 Å². The Morgan fingerprint density at radius 1 is 1.14 bits per heavy atom. The molecule has 3 heterocycles. The number of hydrogen-bond acceptors (Lipinski definition) is 8. The van der Waals surface area contributed by atoms with Crippen molar-refractivity contribution in [3.8, 4) is 17.1 Å². The van der Waals surface area contributed by atoms with Crippen LogP contribution in [0.4, 0.5) is 0 Å². The summed E-state index contributed by atoms with van der Waals surface area (Å²) in [6.07, 6.45) is 9.69. The number of carbonyl (C=O) groups is 2. The highest BCUT2D eigenvalue weighted by Crippen LogP contribution is 2.30. The minimum Gasteiger partial charge on any atom is -0.480 e. The third-order valence-corrected chi connectivity index (χ3v) is 7.54. The average molecular weight is 595 g/mol. The van der Waals surface area contributed by atoms with Crippen LogP contribution in [0.3, 0.4) is 0 Å².